The third kappa shape index (κ3) is 3.22. The van der Waals surface area contributed by atoms with E-state index in [2.05, 4.69) is 11.6 Å². The maximum atomic E-state index is 11.9. The van der Waals surface area contributed by atoms with E-state index >= 15 is 0 Å². The third-order valence-corrected chi connectivity index (χ3v) is 2.38. The molecule has 0 bridgehead atoms. The number of likely N-dealkylation sites (N-methyl/N-ethyl adjacent to an activating group) is 1. The van der Waals surface area contributed by atoms with Gasteiger partial charge in [0.05, 0.1) is 5.02 Å². The largest absolute Gasteiger partial charge is 0.336 e. The van der Waals surface area contributed by atoms with Gasteiger partial charge in [-0.15, -0.1) is 0 Å². The topological polar surface area (TPSA) is 33.2 Å². The first kappa shape index (κ1) is 13.0. The van der Waals surface area contributed by atoms with Gasteiger partial charge in [-0.05, 0) is 19.1 Å². The second-order valence-electron chi connectivity index (χ2n) is 3.58. The minimum atomic E-state index is -0.268. The highest BCUT2D eigenvalue weighted by molar-refractivity contribution is 6.34. The molecule has 0 radical (unpaired) electrons. The Hall–Kier alpha value is -1.06. The summed E-state index contributed by atoms with van der Waals surface area (Å²) in [5, 5.41) is 0.541. The Morgan fingerprint density at radius 2 is 2.12 bits per heavy atom. The summed E-state index contributed by atoms with van der Waals surface area (Å²) in [6.07, 6.45) is 0. The minimum Gasteiger partial charge on any atom is -0.336 e. The molecule has 86 valence electrons. The molecule has 0 aromatic carbocycles. The lowest BCUT2D eigenvalue weighted by Gasteiger charge is -2.17. The van der Waals surface area contributed by atoms with E-state index in [1.54, 1.807) is 19.2 Å². The van der Waals surface area contributed by atoms with Crippen LogP contribution in [0.3, 0.4) is 0 Å². The van der Waals surface area contributed by atoms with E-state index in [0.29, 0.717) is 11.6 Å². The molecule has 1 aromatic rings. The first-order chi connectivity index (χ1) is 7.41. The average molecular weight is 259 g/mol. The molecule has 1 heterocycles. The predicted octanol–water partition coefficient (Wildman–Crippen LogP) is 3.04. The molecule has 0 unspecified atom stereocenters. The number of rotatable bonds is 3. The van der Waals surface area contributed by atoms with Crippen molar-refractivity contribution in [1.29, 1.82) is 0 Å². The van der Waals surface area contributed by atoms with Crippen molar-refractivity contribution < 1.29 is 4.79 Å². The Bertz CT molecular complexity index is 432. The van der Waals surface area contributed by atoms with Gasteiger partial charge in [-0.1, -0.05) is 35.4 Å². The summed E-state index contributed by atoms with van der Waals surface area (Å²) in [6, 6.07) is 3.10. The van der Waals surface area contributed by atoms with E-state index in [9.17, 15) is 4.79 Å². The molecule has 5 heteroatoms. The van der Waals surface area contributed by atoms with Gasteiger partial charge in [0, 0.05) is 13.6 Å². The quantitative estimate of drug-likeness (QED) is 0.617. The lowest BCUT2D eigenvalue weighted by atomic mass is 10.3. The van der Waals surface area contributed by atoms with Gasteiger partial charge in [0.15, 0.2) is 0 Å². The van der Waals surface area contributed by atoms with Crippen molar-refractivity contribution >= 4 is 29.1 Å². The molecule has 0 saturated heterocycles. The maximum absolute atomic E-state index is 11.9. The summed E-state index contributed by atoms with van der Waals surface area (Å²) in [4.78, 5) is 17.3. The van der Waals surface area contributed by atoms with Crippen molar-refractivity contribution in [2.75, 3.05) is 13.6 Å². The normalized spacial score (nSPS) is 10.0. The van der Waals surface area contributed by atoms with Crippen LogP contribution in [0.2, 0.25) is 10.2 Å². The Labute approximate surface area is 105 Å². The number of carbonyl (C=O) groups is 1. The minimum absolute atomic E-state index is 0.165. The van der Waals surface area contributed by atoms with Crippen molar-refractivity contribution in [3.63, 3.8) is 0 Å². The molecule has 1 aromatic heterocycles. The summed E-state index contributed by atoms with van der Waals surface area (Å²) >= 11 is 11.6. The van der Waals surface area contributed by atoms with E-state index < -0.39 is 0 Å². The molecule has 0 N–H and O–H groups in total. The molecule has 0 atom stereocenters. The fourth-order valence-electron chi connectivity index (χ4n) is 1.23. The van der Waals surface area contributed by atoms with Crippen molar-refractivity contribution in [2.45, 2.75) is 6.92 Å². The summed E-state index contributed by atoms with van der Waals surface area (Å²) < 4.78 is 0. The summed E-state index contributed by atoms with van der Waals surface area (Å²) in [6.45, 7) is 6.04. The van der Waals surface area contributed by atoms with Crippen LogP contribution in [0.5, 0.6) is 0 Å². The van der Waals surface area contributed by atoms with Gasteiger partial charge < -0.3 is 4.90 Å². The zero-order chi connectivity index (χ0) is 12.3. The highest BCUT2D eigenvalue weighted by atomic mass is 35.5. The Balaban J connectivity index is 2.95. The van der Waals surface area contributed by atoms with Crippen LogP contribution in [0, 0.1) is 0 Å². The fourth-order valence-corrected chi connectivity index (χ4v) is 1.56. The number of hydrogen-bond acceptors (Lipinski definition) is 2. The van der Waals surface area contributed by atoms with Gasteiger partial charge in [0.1, 0.15) is 10.8 Å². The first-order valence-corrected chi connectivity index (χ1v) is 5.39. The lowest BCUT2D eigenvalue weighted by molar-refractivity contribution is 0.0801. The van der Waals surface area contributed by atoms with Gasteiger partial charge in [-0.25, -0.2) is 4.98 Å². The van der Waals surface area contributed by atoms with Crippen LogP contribution in [0.1, 0.15) is 17.4 Å². The average Bonchev–Trinajstić information content (AvgIpc) is 2.19. The molecule has 0 aliphatic carbocycles. The molecule has 16 heavy (non-hydrogen) atoms. The van der Waals surface area contributed by atoms with Crippen LogP contribution in [-0.4, -0.2) is 29.4 Å². The van der Waals surface area contributed by atoms with Crippen LogP contribution in [0.15, 0.2) is 24.3 Å². The smallest absolute Gasteiger partial charge is 0.274 e. The van der Waals surface area contributed by atoms with Crippen molar-refractivity contribution in [3.8, 4) is 0 Å². The van der Waals surface area contributed by atoms with E-state index in [1.165, 1.54) is 4.90 Å². The standard InChI is InChI=1S/C11H12Cl2N2O/c1-7(2)6-15(3)11(16)10-8(12)4-5-9(13)14-10/h4-5H,1,6H2,2-3H3. The van der Waals surface area contributed by atoms with Crippen LogP contribution in [-0.2, 0) is 0 Å². The monoisotopic (exact) mass is 258 g/mol. The molecule has 0 aliphatic rings. The van der Waals surface area contributed by atoms with Crippen molar-refractivity contribution in [2.24, 2.45) is 0 Å². The Morgan fingerprint density at radius 1 is 1.50 bits per heavy atom. The van der Waals surface area contributed by atoms with E-state index in [1.807, 2.05) is 6.92 Å². The number of pyridine rings is 1. The van der Waals surface area contributed by atoms with Crippen LogP contribution >= 0.6 is 23.2 Å². The SMILES string of the molecule is C=C(C)CN(C)C(=O)c1nc(Cl)ccc1Cl. The molecule has 0 fully saturated rings. The summed E-state index contributed by atoms with van der Waals surface area (Å²) in [7, 11) is 1.66. The number of hydrogen-bond donors (Lipinski definition) is 0. The van der Waals surface area contributed by atoms with Crippen LogP contribution in [0.4, 0.5) is 0 Å². The number of amides is 1. The molecular formula is C11H12Cl2N2O. The summed E-state index contributed by atoms with van der Waals surface area (Å²) in [5.41, 5.74) is 1.05. The van der Waals surface area contributed by atoms with Gasteiger partial charge in [0.2, 0.25) is 0 Å². The molecular weight excluding hydrogens is 247 g/mol. The molecule has 0 saturated carbocycles. The number of halogens is 2. The molecule has 1 amide bonds. The van der Waals surface area contributed by atoms with Crippen molar-refractivity contribution in [1.82, 2.24) is 9.88 Å². The van der Waals surface area contributed by atoms with Gasteiger partial charge >= 0.3 is 0 Å². The van der Waals surface area contributed by atoms with Crippen LogP contribution < -0.4 is 0 Å². The highest BCUT2D eigenvalue weighted by Crippen LogP contribution is 2.18. The first-order valence-electron chi connectivity index (χ1n) is 4.63. The van der Waals surface area contributed by atoms with Gasteiger partial charge in [-0.3, -0.25) is 4.79 Å². The van der Waals surface area contributed by atoms with Crippen LogP contribution in [0.25, 0.3) is 0 Å². The summed E-state index contributed by atoms with van der Waals surface area (Å²) in [5.74, 6) is -0.268. The predicted molar refractivity (Wildman–Crippen MR) is 66.0 cm³/mol. The highest BCUT2D eigenvalue weighted by Gasteiger charge is 2.17. The molecule has 3 nitrogen and oxygen atoms in total. The third-order valence-electron chi connectivity index (χ3n) is 1.87. The van der Waals surface area contributed by atoms with E-state index in [-0.39, 0.29) is 16.8 Å². The Morgan fingerprint density at radius 3 is 2.69 bits per heavy atom. The lowest BCUT2D eigenvalue weighted by Crippen LogP contribution is -2.29. The maximum Gasteiger partial charge on any atom is 0.274 e. The fraction of sp³-hybridized carbons (Fsp3) is 0.273. The molecule has 0 aliphatic heterocycles. The number of carbonyl (C=O) groups excluding carboxylic acids is 1. The number of aromatic nitrogens is 1. The molecule has 0 spiro atoms. The van der Waals surface area contributed by atoms with Gasteiger partial charge in [-0.2, -0.15) is 0 Å². The van der Waals surface area contributed by atoms with E-state index in [4.69, 9.17) is 23.2 Å². The second kappa shape index (κ2) is 5.32. The van der Waals surface area contributed by atoms with E-state index in [0.717, 1.165) is 5.57 Å². The second-order valence-corrected chi connectivity index (χ2v) is 4.38. The zero-order valence-electron chi connectivity index (χ0n) is 9.13. The zero-order valence-corrected chi connectivity index (χ0v) is 10.6. The van der Waals surface area contributed by atoms with Crippen molar-refractivity contribution in [3.05, 3.63) is 40.2 Å². The molecule has 1 rings (SSSR count). The van der Waals surface area contributed by atoms with Gasteiger partial charge in [0.25, 0.3) is 5.91 Å². The Kier molecular flexibility index (Phi) is 4.33. The number of nitrogens with zero attached hydrogens (tertiary/aromatic N) is 2.